The van der Waals surface area contributed by atoms with Crippen molar-refractivity contribution >= 4 is 27.3 Å². The first-order chi connectivity index (χ1) is 15.9. The van der Waals surface area contributed by atoms with Crippen LogP contribution >= 0.6 is 0 Å². The molecule has 2 aromatic carbocycles. The molecule has 1 aliphatic rings. The van der Waals surface area contributed by atoms with Crippen LogP contribution in [0.5, 0.6) is 5.75 Å². The highest BCUT2D eigenvalue weighted by Crippen LogP contribution is 2.32. The molecule has 0 spiro atoms. The van der Waals surface area contributed by atoms with Crippen molar-refractivity contribution in [2.24, 2.45) is 0 Å². The number of benzene rings is 2. The summed E-state index contributed by atoms with van der Waals surface area (Å²) in [4.78, 5) is 15.0. The number of hydrogen-bond acceptors (Lipinski definition) is 6. The molecule has 1 heterocycles. The van der Waals surface area contributed by atoms with E-state index in [1.165, 1.54) is 10.4 Å². The molecule has 1 amide bonds. The smallest absolute Gasteiger partial charge is 0.262 e. The van der Waals surface area contributed by atoms with Gasteiger partial charge in [-0.3, -0.25) is 4.79 Å². The molecule has 0 radical (unpaired) electrons. The first-order valence-corrected chi connectivity index (χ1v) is 12.6. The minimum Gasteiger partial charge on any atom is -0.484 e. The largest absolute Gasteiger partial charge is 0.484 e. The van der Waals surface area contributed by atoms with Gasteiger partial charge in [-0.15, -0.1) is 0 Å². The number of amides is 1. The SMILES string of the molecule is CCN(CC)S(=O)(=O)c1ccc(N2CCCCC2)c(NC(=O)COc2ccc(C#N)cc2)c1. The van der Waals surface area contributed by atoms with E-state index in [-0.39, 0.29) is 11.5 Å². The van der Waals surface area contributed by atoms with E-state index in [0.29, 0.717) is 30.1 Å². The first kappa shape index (κ1) is 24.6. The number of carbonyl (C=O) groups excluding carboxylic acids is 1. The summed E-state index contributed by atoms with van der Waals surface area (Å²) in [6.45, 7) is 5.80. The Morgan fingerprint density at radius 1 is 1.09 bits per heavy atom. The van der Waals surface area contributed by atoms with Gasteiger partial charge in [0.25, 0.3) is 5.91 Å². The molecular formula is C24H30N4O4S. The maximum Gasteiger partial charge on any atom is 0.262 e. The van der Waals surface area contributed by atoms with Crippen molar-refractivity contribution in [2.75, 3.05) is 43.0 Å². The average molecular weight is 471 g/mol. The van der Waals surface area contributed by atoms with Crippen molar-refractivity contribution in [2.45, 2.75) is 38.0 Å². The Kier molecular flexibility index (Phi) is 8.31. The zero-order valence-corrected chi connectivity index (χ0v) is 19.9. The Bertz CT molecular complexity index is 1100. The fraction of sp³-hybridized carbons (Fsp3) is 0.417. The highest BCUT2D eigenvalue weighted by molar-refractivity contribution is 7.89. The fourth-order valence-corrected chi connectivity index (χ4v) is 5.34. The molecule has 1 fully saturated rings. The lowest BCUT2D eigenvalue weighted by Gasteiger charge is -2.31. The van der Waals surface area contributed by atoms with E-state index in [1.807, 2.05) is 6.07 Å². The average Bonchev–Trinajstić information content (AvgIpc) is 2.84. The Morgan fingerprint density at radius 2 is 1.76 bits per heavy atom. The van der Waals surface area contributed by atoms with E-state index >= 15 is 0 Å². The maximum absolute atomic E-state index is 13.0. The van der Waals surface area contributed by atoms with Crippen LogP contribution in [0, 0.1) is 11.3 Å². The first-order valence-electron chi connectivity index (χ1n) is 11.2. The minimum atomic E-state index is -3.66. The lowest BCUT2D eigenvalue weighted by atomic mass is 10.1. The summed E-state index contributed by atoms with van der Waals surface area (Å²) in [6.07, 6.45) is 3.26. The number of ether oxygens (including phenoxy) is 1. The Labute approximate surface area is 195 Å². The third-order valence-electron chi connectivity index (χ3n) is 5.64. The van der Waals surface area contributed by atoms with Crippen LogP contribution in [0.4, 0.5) is 11.4 Å². The van der Waals surface area contributed by atoms with Crippen molar-refractivity contribution < 1.29 is 17.9 Å². The van der Waals surface area contributed by atoms with E-state index < -0.39 is 15.9 Å². The molecule has 2 aromatic rings. The number of carbonyl (C=O) groups is 1. The van der Waals surface area contributed by atoms with Crippen LogP contribution in [0.3, 0.4) is 0 Å². The molecule has 0 aliphatic carbocycles. The molecule has 1 aliphatic heterocycles. The topological polar surface area (TPSA) is 103 Å². The van der Waals surface area contributed by atoms with Crippen LogP contribution < -0.4 is 15.0 Å². The number of rotatable bonds is 9. The number of piperidine rings is 1. The monoisotopic (exact) mass is 470 g/mol. The van der Waals surface area contributed by atoms with Crippen LogP contribution in [-0.2, 0) is 14.8 Å². The van der Waals surface area contributed by atoms with Crippen LogP contribution in [0.1, 0.15) is 38.7 Å². The van der Waals surface area contributed by atoms with Gasteiger partial charge in [0.1, 0.15) is 5.75 Å². The highest BCUT2D eigenvalue weighted by Gasteiger charge is 2.24. The second-order valence-corrected chi connectivity index (χ2v) is 9.73. The van der Waals surface area contributed by atoms with Crippen molar-refractivity contribution in [1.82, 2.24) is 4.31 Å². The van der Waals surface area contributed by atoms with Crippen molar-refractivity contribution in [3.8, 4) is 11.8 Å². The lowest BCUT2D eigenvalue weighted by molar-refractivity contribution is -0.118. The number of hydrogen-bond donors (Lipinski definition) is 1. The molecule has 33 heavy (non-hydrogen) atoms. The summed E-state index contributed by atoms with van der Waals surface area (Å²) < 4.78 is 33.0. The third kappa shape index (κ3) is 6.03. The Hall–Kier alpha value is -3.09. The van der Waals surface area contributed by atoms with Gasteiger partial charge in [0, 0.05) is 26.2 Å². The second-order valence-electron chi connectivity index (χ2n) is 7.79. The lowest BCUT2D eigenvalue weighted by Crippen LogP contribution is -2.32. The van der Waals surface area contributed by atoms with E-state index in [2.05, 4.69) is 10.2 Å². The van der Waals surface area contributed by atoms with Crippen LogP contribution in [-0.4, -0.2) is 51.4 Å². The van der Waals surface area contributed by atoms with E-state index in [1.54, 1.807) is 50.2 Å². The number of nitriles is 1. The van der Waals surface area contributed by atoms with Gasteiger partial charge in [-0.25, -0.2) is 8.42 Å². The highest BCUT2D eigenvalue weighted by atomic mass is 32.2. The van der Waals surface area contributed by atoms with Crippen LogP contribution in [0.25, 0.3) is 0 Å². The number of sulfonamides is 1. The predicted octanol–water partition coefficient (Wildman–Crippen LogP) is 3.60. The predicted molar refractivity (Wildman–Crippen MR) is 128 cm³/mol. The molecule has 3 rings (SSSR count). The van der Waals surface area contributed by atoms with Gasteiger partial charge in [-0.05, 0) is 61.7 Å². The zero-order chi connectivity index (χ0) is 23.8. The fourth-order valence-electron chi connectivity index (χ4n) is 3.86. The third-order valence-corrected chi connectivity index (χ3v) is 7.68. The molecule has 0 saturated carbocycles. The van der Waals surface area contributed by atoms with Gasteiger partial charge in [-0.2, -0.15) is 9.57 Å². The Morgan fingerprint density at radius 3 is 2.36 bits per heavy atom. The summed E-state index contributed by atoms with van der Waals surface area (Å²) in [7, 11) is -3.66. The number of nitrogens with zero attached hydrogens (tertiary/aromatic N) is 3. The Balaban J connectivity index is 1.83. The molecule has 1 saturated heterocycles. The molecule has 0 bridgehead atoms. The van der Waals surface area contributed by atoms with Crippen LogP contribution in [0.2, 0.25) is 0 Å². The van der Waals surface area contributed by atoms with Gasteiger partial charge in [0.15, 0.2) is 6.61 Å². The molecule has 0 atom stereocenters. The molecular weight excluding hydrogens is 440 g/mol. The maximum atomic E-state index is 13.0. The summed E-state index contributed by atoms with van der Waals surface area (Å²) in [5.41, 5.74) is 1.77. The van der Waals surface area contributed by atoms with Crippen molar-refractivity contribution in [1.29, 1.82) is 5.26 Å². The van der Waals surface area contributed by atoms with Crippen molar-refractivity contribution in [3.63, 3.8) is 0 Å². The molecule has 0 unspecified atom stereocenters. The molecule has 1 N–H and O–H groups in total. The van der Waals surface area contributed by atoms with E-state index in [4.69, 9.17) is 10.00 Å². The van der Waals surface area contributed by atoms with Gasteiger partial charge in [-0.1, -0.05) is 13.8 Å². The summed E-state index contributed by atoms with van der Waals surface area (Å²) in [5.74, 6) is 0.0771. The molecule has 9 heteroatoms. The van der Waals surface area contributed by atoms with Gasteiger partial charge in [0.2, 0.25) is 10.0 Å². The van der Waals surface area contributed by atoms with Gasteiger partial charge in [0.05, 0.1) is 27.9 Å². The minimum absolute atomic E-state index is 0.148. The van der Waals surface area contributed by atoms with Crippen molar-refractivity contribution in [3.05, 3.63) is 48.0 Å². The summed E-state index contributed by atoms with van der Waals surface area (Å²) >= 11 is 0. The number of anilines is 2. The van der Waals surface area contributed by atoms with Crippen LogP contribution in [0.15, 0.2) is 47.4 Å². The second kappa shape index (κ2) is 11.2. The number of nitrogens with one attached hydrogen (secondary N) is 1. The van der Waals surface area contributed by atoms with Gasteiger partial charge < -0.3 is 15.0 Å². The summed E-state index contributed by atoms with van der Waals surface area (Å²) in [6, 6.07) is 13.4. The summed E-state index contributed by atoms with van der Waals surface area (Å²) in [5, 5.41) is 11.7. The van der Waals surface area contributed by atoms with E-state index in [9.17, 15) is 13.2 Å². The normalized spacial score (nSPS) is 14.1. The van der Waals surface area contributed by atoms with Gasteiger partial charge >= 0.3 is 0 Å². The standard InChI is InChI=1S/C24H30N4O4S/c1-3-28(4-2)33(30,31)21-12-13-23(27-14-6-5-7-15-27)22(16-21)26-24(29)18-32-20-10-8-19(17-25)9-11-20/h8-13,16H,3-7,14-15,18H2,1-2H3,(H,26,29). The molecule has 8 nitrogen and oxygen atoms in total. The van der Waals surface area contributed by atoms with E-state index in [0.717, 1.165) is 38.0 Å². The quantitative estimate of drug-likeness (QED) is 0.601. The molecule has 176 valence electrons. The molecule has 0 aromatic heterocycles. The zero-order valence-electron chi connectivity index (χ0n) is 19.1.